The van der Waals surface area contributed by atoms with Crippen molar-refractivity contribution in [3.8, 4) is 0 Å². The fourth-order valence-corrected chi connectivity index (χ4v) is 3.25. The molecule has 0 amide bonds. The summed E-state index contributed by atoms with van der Waals surface area (Å²) in [4.78, 5) is 2.40. The summed E-state index contributed by atoms with van der Waals surface area (Å²) >= 11 is 0. The van der Waals surface area contributed by atoms with Crippen molar-refractivity contribution >= 4 is 0 Å². The minimum Gasteiger partial charge on any atom is -0.295 e. The number of alkyl halides is 1. The lowest BCUT2D eigenvalue weighted by Gasteiger charge is -2.35. The molecule has 2 unspecified atom stereocenters. The Kier molecular flexibility index (Phi) is 2.35. The van der Waals surface area contributed by atoms with E-state index in [4.69, 9.17) is 0 Å². The molecule has 0 saturated carbocycles. The van der Waals surface area contributed by atoms with Crippen molar-refractivity contribution in [2.45, 2.75) is 51.2 Å². The van der Waals surface area contributed by atoms with Crippen LogP contribution < -0.4 is 0 Å². The van der Waals surface area contributed by atoms with Crippen LogP contribution in [0.1, 0.15) is 39.5 Å². The third-order valence-corrected chi connectivity index (χ3v) is 3.66. The molecule has 2 aliphatic heterocycles. The van der Waals surface area contributed by atoms with Gasteiger partial charge < -0.3 is 0 Å². The van der Waals surface area contributed by atoms with Gasteiger partial charge in [-0.3, -0.25) is 4.90 Å². The van der Waals surface area contributed by atoms with Crippen LogP contribution in [0.5, 0.6) is 0 Å². The predicted molar refractivity (Wildman–Crippen MR) is 52.5 cm³/mol. The van der Waals surface area contributed by atoms with E-state index in [2.05, 4.69) is 18.7 Å². The molecule has 0 aliphatic carbocycles. The second-order valence-electron chi connectivity index (χ2n) is 5.05. The molecule has 1 nitrogen and oxygen atoms in total. The van der Waals surface area contributed by atoms with Crippen LogP contribution in [0, 0.1) is 5.92 Å². The van der Waals surface area contributed by atoms with Crippen molar-refractivity contribution in [3.05, 3.63) is 0 Å². The first kappa shape index (κ1) is 9.45. The Bertz CT molecular complexity index is 193. The third kappa shape index (κ3) is 1.39. The van der Waals surface area contributed by atoms with E-state index in [0.29, 0.717) is 5.92 Å². The van der Waals surface area contributed by atoms with E-state index < -0.39 is 6.17 Å². The Morgan fingerprint density at radius 1 is 1.46 bits per heavy atom. The van der Waals surface area contributed by atoms with Crippen molar-refractivity contribution in [1.82, 2.24) is 4.90 Å². The highest BCUT2D eigenvalue weighted by Gasteiger charge is 2.51. The molecule has 0 radical (unpaired) electrons. The average molecular weight is 185 g/mol. The van der Waals surface area contributed by atoms with E-state index in [1.165, 1.54) is 6.42 Å². The lowest BCUT2D eigenvalue weighted by atomic mass is 9.84. The average Bonchev–Trinajstić information content (AvgIpc) is 2.53. The summed E-state index contributed by atoms with van der Waals surface area (Å²) in [5.41, 5.74) is -0.0475. The van der Waals surface area contributed by atoms with Crippen LogP contribution in [0.15, 0.2) is 0 Å². The van der Waals surface area contributed by atoms with Crippen LogP contribution in [0.3, 0.4) is 0 Å². The molecule has 2 saturated heterocycles. The van der Waals surface area contributed by atoms with Crippen LogP contribution in [0.4, 0.5) is 4.39 Å². The van der Waals surface area contributed by atoms with E-state index in [1.54, 1.807) is 0 Å². The number of nitrogens with zero attached hydrogens (tertiary/aromatic N) is 1. The zero-order valence-corrected chi connectivity index (χ0v) is 8.72. The molecule has 0 spiro atoms. The second-order valence-corrected chi connectivity index (χ2v) is 5.05. The molecular weight excluding hydrogens is 165 g/mol. The lowest BCUT2D eigenvalue weighted by molar-refractivity contribution is 0.0935. The van der Waals surface area contributed by atoms with Gasteiger partial charge in [-0.25, -0.2) is 4.39 Å². The number of hydrogen-bond donors (Lipinski definition) is 0. The number of halogens is 1. The summed E-state index contributed by atoms with van der Waals surface area (Å²) < 4.78 is 13.9. The van der Waals surface area contributed by atoms with Crippen LogP contribution in [-0.4, -0.2) is 29.7 Å². The maximum atomic E-state index is 13.9. The number of rotatable bonds is 2. The van der Waals surface area contributed by atoms with Gasteiger partial charge in [0, 0.05) is 6.54 Å². The Labute approximate surface area is 80.3 Å². The summed E-state index contributed by atoms with van der Waals surface area (Å²) in [6.45, 7) is 6.54. The van der Waals surface area contributed by atoms with E-state index >= 15 is 0 Å². The van der Waals surface area contributed by atoms with Gasteiger partial charge in [-0.15, -0.1) is 0 Å². The minimum atomic E-state index is -0.558. The van der Waals surface area contributed by atoms with Gasteiger partial charge in [0.15, 0.2) is 0 Å². The van der Waals surface area contributed by atoms with Crippen LogP contribution in [-0.2, 0) is 0 Å². The topological polar surface area (TPSA) is 3.24 Å². The standard InChI is InChI=1S/C11H20FN/c1-9(2)8-11-5-3-6-13(11)7-4-10(11)12/h9-10H,3-8H2,1-2H3. The lowest BCUT2D eigenvalue weighted by Crippen LogP contribution is -2.45. The van der Waals surface area contributed by atoms with Gasteiger partial charge in [0.25, 0.3) is 0 Å². The summed E-state index contributed by atoms with van der Waals surface area (Å²) in [6, 6.07) is 0. The first-order valence-electron chi connectivity index (χ1n) is 5.54. The van der Waals surface area contributed by atoms with Gasteiger partial charge in [-0.05, 0) is 38.1 Å². The van der Waals surface area contributed by atoms with Crippen LogP contribution in [0.25, 0.3) is 0 Å². The monoisotopic (exact) mass is 185 g/mol. The minimum absolute atomic E-state index is 0.0475. The highest BCUT2D eigenvalue weighted by molar-refractivity contribution is 5.06. The van der Waals surface area contributed by atoms with Gasteiger partial charge in [0.2, 0.25) is 0 Å². The van der Waals surface area contributed by atoms with E-state index in [1.807, 2.05) is 0 Å². The smallest absolute Gasteiger partial charge is 0.120 e. The number of fused-ring (bicyclic) bond motifs is 1. The van der Waals surface area contributed by atoms with Crippen LogP contribution >= 0.6 is 0 Å². The van der Waals surface area contributed by atoms with Gasteiger partial charge in [-0.2, -0.15) is 0 Å². The third-order valence-electron chi connectivity index (χ3n) is 3.66. The molecule has 0 aromatic carbocycles. The van der Waals surface area contributed by atoms with Crippen molar-refractivity contribution in [2.24, 2.45) is 5.92 Å². The summed E-state index contributed by atoms with van der Waals surface area (Å²) in [7, 11) is 0. The van der Waals surface area contributed by atoms with E-state index in [-0.39, 0.29) is 5.54 Å². The number of hydrogen-bond acceptors (Lipinski definition) is 1. The Hall–Kier alpha value is -0.110. The molecule has 0 bridgehead atoms. The SMILES string of the molecule is CC(C)CC12CCCN1CCC2F. The highest BCUT2D eigenvalue weighted by Crippen LogP contribution is 2.44. The van der Waals surface area contributed by atoms with Gasteiger partial charge in [0.05, 0.1) is 5.54 Å². The fraction of sp³-hybridized carbons (Fsp3) is 1.00. The fourth-order valence-electron chi connectivity index (χ4n) is 3.25. The molecule has 2 aliphatic rings. The predicted octanol–water partition coefficient (Wildman–Crippen LogP) is 2.61. The Morgan fingerprint density at radius 2 is 2.23 bits per heavy atom. The second kappa shape index (κ2) is 3.23. The van der Waals surface area contributed by atoms with Crippen molar-refractivity contribution in [3.63, 3.8) is 0 Å². The molecule has 2 atom stereocenters. The molecule has 0 aromatic heterocycles. The zero-order chi connectivity index (χ0) is 9.47. The quantitative estimate of drug-likeness (QED) is 0.639. The maximum absolute atomic E-state index is 13.9. The zero-order valence-electron chi connectivity index (χ0n) is 8.72. The van der Waals surface area contributed by atoms with Crippen molar-refractivity contribution in [1.29, 1.82) is 0 Å². The molecule has 2 heterocycles. The molecule has 0 aromatic rings. The van der Waals surface area contributed by atoms with Crippen molar-refractivity contribution < 1.29 is 4.39 Å². The molecule has 2 heteroatoms. The first-order valence-corrected chi connectivity index (χ1v) is 5.54. The van der Waals surface area contributed by atoms with Gasteiger partial charge >= 0.3 is 0 Å². The molecule has 2 rings (SSSR count). The van der Waals surface area contributed by atoms with E-state index in [0.717, 1.165) is 32.4 Å². The van der Waals surface area contributed by atoms with Gasteiger partial charge in [-0.1, -0.05) is 13.8 Å². The first-order chi connectivity index (χ1) is 6.15. The highest BCUT2D eigenvalue weighted by atomic mass is 19.1. The normalized spacial score (nSPS) is 40.2. The summed E-state index contributed by atoms with van der Waals surface area (Å²) in [5, 5.41) is 0. The Morgan fingerprint density at radius 3 is 2.92 bits per heavy atom. The molecule has 0 N–H and O–H groups in total. The van der Waals surface area contributed by atoms with Crippen LogP contribution in [0.2, 0.25) is 0 Å². The largest absolute Gasteiger partial charge is 0.295 e. The molecule has 76 valence electrons. The molecular formula is C11H20FN. The summed E-state index contributed by atoms with van der Waals surface area (Å²) in [6.07, 6.45) is 3.55. The maximum Gasteiger partial charge on any atom is 0.120 e. The summed E-state index contributed by atoms with van der Waals surface area (Å²) in [5.74, 6) is 0.622. The molecule has 13 heavy (non-hydrogen) atoms. The molecule has 2 fully saturated rings. The van der Waals surface area contributed by atoms with Crippen molar-refractivity contribution in [2.75, 3.05) is 13.1 Å². The van der Waals surface area contributed by atoms with Gasteiger partial charge in [0.1, 0.15) is 6.17 Å². The Balaban J connectivity index is 2.15. The van der Waals surface area contributed by atoms with E-state index in [9.17, 15) is 4.39 Å².